The summed E-state index contributed by atoms with van der Waals surface area (Å²) in [5, 5.41) is 3.19. The van der Waals surface area contributed by atoms with Gasteiger partial charge in [0, 0.05) is 44.6 Å². The maximum absolute atomic E-state index is 13.2. The van der Waals surface area contributed by atoms with Crippen LogP contribution in [0, 0.1) is 0 Å². The summed E-state index contributed by atoms with van der Waals surface area (Å²) >= 11 is 0. The van der Waals surface area contributed by atoms with Gasteiger partial charge in [0.25, 0.3) is 0 Å². The van der Waals surface area contributed by atoms with Gasteiger partial charge in [-0.2, -0.15) is 0 Å². The smallest absolute Gasteiger partial charge is 0.240 e. The summed E-state index contributed by atoms with van der Waals surface area (Å²) in [6, 6.07) is 1.88. The van der Waals surface area contributed by atoms with Crippen LogP contribution in [0.2, 0.25) is 0 Å². The molecule has 1 amide bonds. The Hall–Kier alpha value is -1.99. The zero-order chi connectivity index (χ0) is 17.8. The highest BCUT2D eigenvalue weighted by Crippen LogP contribution is 2.34. The van der Waals surface area contributed by atoms with Crippen LogP contribution in [-0.4, -0.2) is 63.6 Å². The summed E-state index contributed by atoms with van der Waals surface area (Å²) in [6.45, 7) is 3.76. The second-order valence-corrected chi connectivity index (χ2v) is 7.26. The van der Waals surface area contributed by atoms with Gasteiger partial charge in [-0.25, -0.2) is 9.97 Å². The largest absolute Gasteiger partial charge is 0.379 e. The van der Waals surface area contributed by atoms with Crippen molar-refractivity contribution in [1.29, 1.82) is 0 Å². The second-order valence-electron chi connectivity index (χ2n) is 7.26. The molecule has 7 heteroatoms. The molecule has 0 atom stereocenters. The maximum Gasteiger partial charge on any atom is 0.240 e. The van der Waals surface area contributed by atoms with Gasteiger partial charge < -0.3 is 10.1 Å². The van der Waals surface area contributed by atoms with Crippen LogP contribution < -0.4 is 5.32 Å². The molecule has 2 aromatic heterocycles. The fourth-order valence-electron chi connectivity index (χ4n) is 4.28. The topological polar surface area (TPSA) is 71.8 Å². The Balaban J connectivity index is 1.39. The monoisotopic (exact) mass is 357 g/mol. The number of carbonyl (C=O) groups excluding carboxylic acids is 1. The molecule has 26 heavy (non-hydrogen) atoms. The van der Waals surface area contributed by atoms with E-state index in [0.717, 1.165) is 57.7 Å². The summed E-state index contributed by atoms with van der Waals surface area (Å²) in [5.41, 5.74) is 0.607. The van der Waals surface area contributed by atoms with E-state index in [1.54, 1.807) is 6.20 Å². The third-order valence-electron chi connectivity index (χ3n) is 5.67. The van der Waals surface area contributed by atoms with Gasteiger partial charge in [-0.1, -0.05) is 19.3 Å². The number of hydrogen-bond acceptors (Lipinski definition) is 5. The van der Waals surface area contributed by atoms with E-state index in [-0.39, 0.29) is 11.4 Å². The average Bonchev–Trinajstić information content (AvgIpc) is 3.12. The molecule has 0 bridgehead atoms. The van der Waals surface area contributed by atoms with E-state index in [0.29, 0.717) is 18.7 Å². The number of carbonyl (C=O) groups is 1. The molecule has 0 spiro atoms. The van der Waals surface area contributed by atoms with Crippen LogP contribution >= 0.6 is 0 Å². The Morgan fingerprint density at radius 2 is 2.04 bits per heavy atom. The third kappa shape index (κ3) is 3.46. The number of hydrogen-bond donors (Lipinski definition) is 1. The molecular formula is C19H27N5O2. The fraction of sp³-hybridized carbons (Fsp3) is 0.632. The fourth-order valence-corrected chi connectivity index (χ4v) is 4.28. The molecule has 0 radical (unpaired) electrons. The number of ether oxygens (including phenoxy) is 1. The molecule has 3 heterocycles. The van der Waals surface area contributed by atoms with Crippen molar-refractivity contribution in [2.24, 2.45) is 0 Å². The average molecular weight is 357 g/mol. The second kappa shape index (κ2) is 7.72. The van der Waals surface area contributed by atoms with Crippen LogP contribution in [0.3, 0.4) is 0 Å². The summed E-state index contributed by atoms with van der Waals surface area (Å²) < 4.78 is 7.40. The van der Waals surface area contributed by atoms with Crippen molar-refractivity contribution in [3.8, 4) is 0 Å². The molecule has 1 aliphatic heterocycles. The summed E-state index contributed by atoms with van der Waals surface area (Å²) in [7, 11) is 0. The van der Waals surface area contributed by atoms with Crippen molar-refractivity contribution in [2.75, 3.05) is 32.8 Å². The number of nitrogens with one attached hydrogen (secondary N) is 1. The molecule has 2 fully saturated rings. The first kappa shape index (κ1) is 17.4. The van der Waals surface area contributed by atoms with Crippen molar-refractivity contribution in [3.63, 3.8) is 0 Å². The molecule has 0 unspecified atom stereocenters. The van der Waals surface area contributed by atoms with E-state index in [4.69, 9.17) is 4.74 Å². The van der Waals surface area contributed by atoms with Crippen LogP contribution in [0.1, 0.15) is 37.8 Å². The normalized spacial score (nSPS) is 20.9. The molecule has 140 valence electrons. The van der Waals surface area contributed by atoms with Gasteiger partial charge in [0.05, 0.1) is 18.9 Å². The van der Waals surface area contributed by atoms with Crippen molar-refractivity contribution >= 4 is 11.7 Å². The molecule has 7 nitrogen and oxygen atoms in total. The molecule has 2 aliphatic rings. The van der Waals surface area contributed by atoms with Crippen LogP contribution in [-0.2, 0) is 16.0 Å². The standard InChI is InChI=1S/C19H27N5O2/c25-17(19(6-2-1-3-7-19)24-11-13-26-14-12-24)20-9-5-16-15-23-10-4-8-21-18(23)22-16/h4,8,10,15H,1-3,5-7,9,11-14H2,(H,20,25). The third-order valence-corrected chi connectivity index (χ3v) is 5.67. The van der Waals surface area contributed by atoms with Gasteiger partial charge in [-0.3, -0.25) is 14.1 Å². The minimum absolute atomic E-state index is 0.181. The zero-order valence-corrected chi connectivity index (χ0v) is 15.2. The molecule has 1 saturated heterocycles. The number of amides is 1. The number of fused-ring (bicyclic) bond motifs is 1. The van der Waals surface area contributed by atoms with E-state index in [9.17, 15) is 4.79 Å². The highest BCUT2D eigenvalue weighted by molar-refractivity contribution is 5.86. The van der Waals surface area contributed by atoms with Crippen molar-refractivity contribution < 1.29 is 9.53 Å². The Bertz CT molecular complexity index is 714. The summed E-state index contributed by atoms with van der Waals surface area (Å²) in [5.74, 6) is 0.881. The molecule has 1 aliphatic carbocycles. The van der Waals surface area contributed by atoms with Gasteiger partial charge in [-0.05, 0) is 18.9 Å². The van der Waals surface area contributed by atoms with Crippen LogP contribution in [0.15, 0.2) is 24.7 Å². The Morgan fingerprint density at radius 1 is 1.23 bits per heavy atom. The molecular weight excluding hydrogens is 330 g/mol. The Morgan fingerprint density at radius 3 is 2.81 bits per heavy atom. The molecule has 0 aromatic carbocycles. The van der Waals surface area contributed by atoms with Crippen LogP contribution in [0.25, 0.3) is 5.78 Å². The van der Waals surface area contributed by atoms with Crippen LogP contribution in [0.4, 0.5) is 0 Å². The van der Waals surface area contributed by atoms with E-state index in [1.165, 1.54) is 6.42 Å². The maximum atomic E-state index is 13.2. The lowest BCUT2D eigenvalue weighted by Crippen LogP contribution is -2.62. The van der Waals surface area contributed by atoms with Gasteiger partial charge in [0.1, 0.15) is 5.54 Å². The van der Waals surface area contributed by atoms with E-state index >= 15 is 0 Å². The number of aromatic nitrogens is 3. The van der Waals surface area contributed by atoms with Gasteiger partial charge in [0.15, 0.2) is 0 Å². The zero-order valence-electron chi connectivity index (χ0n) is 15.2. The number of morpholine rings is 1. The lowest BCUT2D eigenvalue weighted by Gasteiger charge is -2.46. The van der Waals surface area contributed by atoms with E-state index in [2.05, 4.69) is 20.2 Å². The van der Waals surface area contributed by atoms with E-state index in [1.807, 2.05) is 22.9 Å². The molecule has 4 rings (SSSR count). The SMILES string of the molecule is O=C(NCCc1cn2cccnc2n1)C1(N2CCOCC2)CCCCC1. The van der Waals surface area contributed by atoms with Crippen molar-refractivity contribution in [3.05, 3.63) is 30.4 Å². The Kier molecular flexibility index (Phi) is 5.17. The number of imidazole rings is 1. The summed E-state index contributed by atoms with van der Waals surface area (Å²) in [4.78, 5) is 24.3. The molecule has 1 saturated carbocycles. The summed E-state index contributed by atoms with van der Waals surface area (Å²) in [6.07, 6.45) is 11.8. The molecule has 1 N–H and O–H groups in total. The predicted molar refractivity (Wildman–Crippen MR) is 97.9 cm³/mol. The Labute approximate surface area is 153 Å². The molecule has 2 aromatic rings. The highest BCUT2D eigenvalue weighted by atomic mass is 16.5. The minimum Gasteiger partial charge on any atom is -0.379 e. The van der Waals surface area contributed by atoms with Gasteiger partial charge in [0.2, 0.25) is 11.7 Å². The van der Waals surface area contributed by atoms with Crippen molar-refractivity contribution in [1.82, 2.24) is 24.6 Å². The van der Waals surface area contributed by atoms with Crippen LogP contribution in [0.5, 0.6) is 0 Å². The predicted octanol–water partition coefficient (Wildman–Crippen LogP) is 1.42. The lowest BCUT2D eigenvalue weighted by molar-refractivity contribution is -0.140. The van der Waals surface area contributed by atoms with Crippen molar-refractivity contribution in [2.45, 2.75) is 44.1 Å². The first-order valence-electron chi connectivity index (χ1n) is 9.68. The first-order chi connectivity index (χ1) is 12.8. The highest BCUT2D eigenvalue weighted by Gasteiger charge is 2.44. The number of nitrogens with zero attached hydrogens (tertiary/aromatic N) is 4. The number of rotatable bonds is 5. The van der Waals surface area contributed by atoms with Gasteiger partial charge >= 0.3 is 0 Å². The first-order valence-corrected chi connectivity index (χ1v) is 9.68. The van der Waals surface area contributed by atoms with Gasteiger partial charge in [-0.15, -0.1) is 0 Å². The van der Waals surface area contributed by atoms with E-state index < -0.39 is 0 Å². The quantitative estimate of drug-likeness (QED) is 0.876. The lowest BCUT2D eigenvalue weighted by atomic mass is 9.79. The minimum atomic E-state index is -0.345.